The van der Waals surface area contributed by atoms with Crippen LogP contribution in [0.5, 0.6) is 0 Å². The summed E-state index contributed by atoms with van der Waals surface area (Å²) in [5.74, 6) is -0.358. The molecule has 2 amide bonds. The van der Waals surface area contributed by atoms with E-state index >= 15 is 0 Å². The maximum absolute atomic E-state index is 13.8. The Morgan fingerprint density at radius 1 is 1.47 bits per heavy atom. The van der Waals surface area contributed by atoms with Gasteiger partial charge in [-0.3, -0.25) is 0 Å². The number of nitrogens with zero attached hydrogens (tertiary/aromatic N) is 2. The predicted octanol–water partition coefficient (Wildman–Crippen LogP) is 1.69. The molecule has 2 aliphatic heterocycles. The average Bonchev–Trinajstić information content (AvgIpc) is 2.72. The zero-order valence-corrected chi connectivity index (χ0v) is 11.2. The molecular formula is C13H15ClFN3O. The smallest absolute Gasteiger partial charge is 0.318 e. The van der Waals surface area contributed by atoms with E-state index in [2.05, 4.69) is 5.32 Å². The van der Waals surface area contributed by atoms with Crippen molar-refractivity contribution in [3.8, 4) is 0 Å². The van der Waals surface area contributed by atoms with Gasteiger partial charge in [0.15, 0.2) is 0 Å². The van der Waals surface area contributed by atoms with Crippen molar-refractivity contribution in [1.29, 1.82) is 0 Å². The molecule has 0 saturated carbocycles. The monoisotopic (exact) mass is 283 g/mol. The molecular weight excluding hydrogens is 269 g/mol. The summed E-state index contributed by atoms with van der Waals surface area (Å²) >= 11 is 6.00. The molecule has 0 aromatic heterocycles. The lowest BCUT2D eigenvalue weighted by Gasteiger charge is -2.28. The van der Waals surface area contributed by atoms with Crippen molar-refractivity contribution in [3.63, 3.8) is 0 Å². The van der Waals surface area contributed by atoms with Crippen LogP contribution in [-0.2, 0) is 6.54 Å². The maximum Gasteiger partial charge on any atom is 0.320 e. The summed E-state index contributed by atoms with van der Waals surface area (Å²) in [7, 11) is 0. The van der Waals surface area contributed by atoms with Gasteiger partial charge in [-0.25, -0.2) is 9.18 Å². The van der Waals surface area contributed by atoms with Crippen molar-refractivity contribution in [3.05, 3.63) is 34.6 Å². The number of fused-ring (bicyclic) bond motifs is 1. The van der Waals surface area contributed by atoms with Crippen LogP contribution >= 0.6 is 11.6 Å². The Hall–Kier alpha value is -1.33. The Bertz CT molecular complexity index is 490. The minimum atomic E-state index is -0.358. The van der Waals surface area contributed by atoms with Gasteiger partial charge >= 0.3 is 6.03 Å². The molecule has 2 saturated heterocycles. The van der Waals surface area contributed by atoms with E-state index in [1.165, 1.54) is 6.07 Å². The first-order valence-electron chi connectivity index (χ1n) is 6.36. The van der Waals surface area contributed by atoms with Crippen LogP contribution in [0.4, 0.5) is 9.18 Å². The number of hydrogen-bond donors (Lipinski definition) is 1. The second-order valence-corrected chi connectivity index (χ2v) is 5.32. The second kappa shape index (κ2) is 4.98. The van der Waals surface area contributed by atoms with E-state index in [-0.39, 0.29) is 24.4 Å². The van der Waals surface area contributed by atoms with Crippen LogP contribution in [0.2, 0.25) is 5.02 Å². The molecule has 1 aromatic carbocycles. The summed E-state index contributed by atoms with van der Waals surface area (Å²) in [6.07, 6.45) is 0. The number of piperazine rings is 1. The normalized spacial score (nSPS) is 22.8. The molecule has 3 rings (SSSR count). The number of carbonyl (C=O) groups is 1. The van der Waals surface area contributed by atoms with Crippen molar-refractivity contribution in [2.24, 2.45) is 0 Å². The number of benzene rings is 1. The second-order valence-electron chi connectivity index (χ2n) is 4.91. The highest BCUT2D eigenvalue weighted by molar-refractivity contribution is 6.31. The van der Waals surface area contributed by atoms with Gasteiger partial charge in [0.25, 0.3) is 0 Å². The highest BCUT2D eigenvalue weighted by atomic mass is 35.5. The van der Waals surface area contributed by atoms with Crippen molar-refractivity contribution in [2.45, 2.75) is 12.6 Å². The van der Waals surface area contributed by atoms with Crippen molar-refractivity contribution < 1.29 is 9.18 Å². The molecule has 0 radical (unpaired) electrons. The quantitative estimate of drug-likeness (QED) is 0.896. The van der Waals surface area contributed by atoms with Crippen LogP contribution in [0.1, 0.15) is 5.56 Å². The summed E-state index contributed by atoms with van der Waals surface area (Å²) in [6, 6.07) is 4.75. The van der Waals surface area contributed by atoms with Gasteiger partial charge in [-0.2, -0.15) is 0 Å². The molecule has 1 N–H and O–H groups in total. The van der Waals surface area contributed by atoms with Crippen LogP contribution < -0.4 is 5.32 Å². The summed E-state index contributed by atoms with van der Waals surface area (Å²) in [5.41, 5.74) is 0.394. The molecule has 0 spiro atoms. The van der Waals surface area contributed by atoms with Gasteiger partial charge in [0.1, 0.15) is 5.82 Å². The third-order valence-corrected chi connectivity index (χ3v) is 4.06. The molecule has 2 aliphatic rings. The summed E-state index contributed by atoms with van der Waals surface area (Å²) in [5, 5.41) is 3.63. The number of rotatable bonds is 2. The van der Waals surface area contributed by atoms with E-state index in [0.717, 1.165) is 13.1 Å². The molecule has 1 atom stereocenters. The van der Waals surface area contributed by atoms with Crippen molar-refractivity contribution in [1.82, 2.24) is 15.1 Å². The van der Waals surface area contributed by atoms with Crippen LogP contribution in [-0.4, -0.2) is 48.1 Å². The Morgan fingerprint density at radius 3 is 3.05 bits per heavy atom. The van der Waals surface area contributed by atoms with Gasteiger partial charge in [0.2, 0.25) is 0 Å². The predicted molar refractivity (Wildman–Crippen MR) is 70.6 cm³/mol. The van der Waals surface area contributed by atoms with Crippen molar-refractivity contribution in [2.75, 3.05) is 26.2 Å². The molecule has 2 heterocycles. The molecule has 2 fully saturated rings. The molecule has 6 heteroatoms. The number of nitrogens with one attached hydrogen (secondary N) is 1. The minimum absolute atomic E-state index is 0.0224. The molecule has 0 aliphatic carbocycles. The first-order chi connectivity index (χ1) is 9.16. The van der Waals surface area contributed by atoms with Gasteiger partial charge in [-0.15, -0.1) is 0 Å². The van der Waals surface area contributed by atoms with E-state index in [0.29, 0.717) is 23.7 Å². The molecule has 1 unspecified atom stereocenters. The Balaban J connectivity index is 1.79. The van der Waals surface area contributed by atoms with Gasteiger partial charge in [0.05, 0.1) is 12.6 Å². The van der Waals surface area contributed by atoms with E-state index in [4.69, 9.17) is 11.6 Å². The van der Waals surface area contributed by atoms with Crippen LogP contribution in [0, 0.1) is 5.82 Å². The molecule has 0 bridgehead atoms. The fourth-order valence-electron chi connectivity index (χ4n) is 2.70. The summed E-state index contributed by atoms with van der Waals surface area (Å²) in [4.78, 5) is 15.7. The third kappa shape index (κ3) is 2.28. The molecule has 4 nitrogen and oxygen atoms in total. The Kier molecular flexibility index (Phi) is 3.33. The van der Waals surface area contributed by atoms with Crippen molar-refractivity contribution >= 4 is 17.6 Å². The van der Waals surface area contributed by atoms with Gasteiger partial charge < -0.3 is 15.1 Å². The first-order valence-corrected chi connectivity index (χ1v) is 6.74. The van der Waals surface area contributed by atoms with E-state index < -0.39 is 0 Å². The number of hydrogen-bond acceptors (Lipinski definition) is 2. The fourth-order valence-corrected chi connectivity index (χ4v) is 2.92. The van der Waals surface area contributed by atoms with Crippen LogP contribution in [0.25, 0.3) is 0 Å². The molecule has 102 valence electrons. The topological polar surface area (TPSA) is 35.6 Å². The average molecular weight is 284 g/mol. The number of carbonyl (C=O) groups excluding carboxylic acids is 1. The number of amides is 2. The summed E-state index contributed by atoms with van der Waals surface area (Å²) in [6.45, 7) is 3.18. The number of halogens is 2. The fraction of sp³-hybridized carbons (Fsp3) is 0.462. The van der Waals surface area contributed by atoms with Gasteiger partial charge in [0, 0.05) is 36.8 Å². The molecule has 19 heavy (non-hydrogen) atoms. The van der Waals surface area contributed by atoms with E-state index in [1.807, 2.05) is 4.90 Å². The first kappa shape index (κ1) is 12.7. The lowest BCUT2D eigenvalue weighted by molar-refractivity contribution is 0.178. The lowest BCUT2D eigenvalue weighted by atomic mass is 10.2. The van der Waals surface area contributed by atoms with E-state index in [9.17, 15) is 9.18 Å². The Morgan fingerprint density at radius 2 is 2.32 bits per heavy atom. The van der Waals surface area contributed by atoms with Gasteiger partial charge in [-0.1, -0.05) is 17.7 Å². The zero-order valence-electron chi connectivity index (χ0n) is 10.4. The highest BCUT2D eigenvalue weighted by Crippen LogP contribution is 2.25. The summed E-state index contributed by atoms with van der Waals surface area (Å²) < 4.78 is 13.8. The molecule has 1 aromatic rings. The minimum Gasteiger partial charge on any atom is -0.318 e. The van der Waals surface area contributed by atoms with Crippen LogP contribution in [0.3, 0.4) is 0 Å². The lowest BCUT2D eigenvalue weighted by Crippen LogP contribution is -2.49. The zero-order chi connectivity index (χ0) is 13.4. The SMILES string of the molecule is O=C1N(Cc2c(F)cccc2Cl)CC2CNCCN12. The maximum atomic E-state index is 13.8. The third-order valence-electron chi connectivity index (χ3n) is 3.71. The highest BCUT2D eigenvalue weighted by Gasteiger charge is 2.38. The van der Waals surface area contributed by atoms with Gasteiger partial charge in [-0.05, 0) is 12.1 Å². The largest absolute Gasteiger partial charge is 0.320 e. The Labute approximate surface area is 116 Å². The standard InChI is InChI=1S/C13H15ClFN3O/c14-11-2-1-3-12(15)10(11)8-17-7-9-6-16-4-5-18(9)13(17)19/h1-3,9,16H,4-8H2. The van der Waals surface area contributed by atoms with E-state index in [1.54, 1.807) is 17.0 Å². The van der Waals surface area contributed by atoms with Crippen LogP contribution in [0.15, 0.2) is 18.2 Å². The number of urea groups is 1.